The van der Waals surface area contributed by atoms with Crippen LogP contribution in [0.3, 0.4) is 0 Å². The van der Waals surface area contributed by atoms with Crippen LogP contribution in [-0.4, -0.2) is 35.3 Å². The van der Waals surface area contributed by atoms with E-state index in [1.807, 2.05) is 0 Å². The second-order valence-corrected chi connectivity index (χ2v) is 4.10. The van der Waals surface area contributed by atoms with Crippen molar-refractivity contribution >= 4 is 0 Å². The molecule has 0 aromatic heterocycles. The lowest BCUT2D eigenvalue weighted by Gasteiger charge is -2.51. The molecule has 0 aliphatic heterocycles. The molecule has 0 aromatic rings. The Kier molecular flexibility index (Phi) is 3.58. The third-order valence-corrected chi connectivity index (χ3v) is 2.91. The van der Waals surface area contributed by atoms with Crippen LogP contribution < -0.4 is 0 Å². The average molecular weight is 362 g/mol. The molecular weight excluding hydrogens is 362 g/mol. The molecular formula is C8F14. The molecule has 1 rings (SSSR count). The summed E-state index contributed by atoms with van der Waals surface area (Å²) in [5.41, 5.74) is -7.41. The van der Waals surface area contributed by atoms with E-state index >= 15 is 0 Å². The molecule has 0 N–H and O–H groups in total. The topological polar surface area (TPSA) is 0 Å². The van der Waals surface area contributed by atoms with Gasteiger partial charge in [-0.1, -0.05) is 0 Å². The molecule has 0 amide bonds. The Balaban J connectivity index is 3.98. The Labute approximate surface area is 110 Å². The van der Waals surface area contributed by atoms with Gasteiger partial charge in [0.05, 0.1) is 0 Å². The molecule has 22 heavy (non-hydrogen) atoms. The molecule has 0 atom stereocenters. The average Bonchev–Trinajstić information content (AvgIpc) is 2.34. The van der Waals surface area contributed by atoms with Gasteiger partial charge in [0.2, 0.25) is 5.83 Å². The third kappa shape index (κ3) is 1.50. The number of hydrogen-bond donors (Lipinski definition) is 0. The van der Waals surface area contributed by atoms with Crippen LogP contribution in [0.25, 0.3) is 0 Å². The van der Waals surface area contributed by atoms with Gasteiger partial charge in [0.25, 0.3) is 0 Å². The summed E-state index contributed by atoms with van der Waals surface area (Å²) in [6.07, 6.45) is -4.43. The minimum Gasteiger partial charge on any atom is -0.222 e. The van der Waals surface area contributed by atoms with E-state index in [-0.39, 0.29) is 0 Å². The first-order valence-electron chi connectivity index (χ1n) is 4.65. The highest BCUT2D eigenvalue weighted by Crippen LogP contribution is 2.71. The van der Waals surface area contributed by atoms with Gasteiger partial charge in [-0.3, -0.25) is 0 Å². The molecule has 0 radical (unpaired) electrons. The zero-order valence-electron chi connectivity index (χ0n) is 9.29. The highest BCUT2D eigenvalue weighted by molar-refractivity contribution is 5.35. The van der Waals surface area contributed by atoms with E-state index in [4.69, 9.17) is 0 Å². The highest BCUT2D eigenvalue weighted by atomic mass is 19.4. The first-order valence-corrected chi connectivity index (χ1v) is 4.65. The summed E-state index contributed by atoms with van der Waals surface area (Å²) in [5, 5.41) is 0. The monoisotopic (exact) mass is 362 g/mol. The van der Waals surface area contributed by atoms with Gasteiger partial charge >= 0.3 is 41.4 Å². The second-order valence-electron chi connectivity index (χ2n) is 4.10. The lowest BCUT2D eigenvalue weighted by atomic mass is 9.71. The highest BCUT2D eigenvalue weighted by Gasteiger charge is 3.02. The normalized spacial score (nSPS) is 29.7. The molecule has 0 unspecified atom stereocenters. The minimum absolute atomic E-state index is 4.43. The first kappa shape index (κ1) is 18.8. The van der Waals surface area contributed by atoms with Crippen molar-refractivity contribution in [3.8, 4) is 0 Å². The van der Waals surface area contributed by atoms with Crippen LogP contribution in [-0.2, 0) is 0 Å². The van der Waals surface area contributed by atoms with Gasteiger partial charge in [0.1, 0.15) is 0 Å². The van der Waals surface area contributed by atoms with Crippen molar-refractivity contribution in [3.05, 3.63) is 11.9 Å². The van der Waals surface area contributed by atoms with Crippen molar-refractivity contribution in [3.63, 3.8) is 0 Å². The van der Waals surface area contributed by atoms with Crippen LogP contribution in [0.1, 0.15) is 0 Å². The van der Waals surface area contributed by atoms with E-state index < -0.39 is 47.2 Å². The van der Waals surface area contributed by atoms with Gasteiger partial charge in [-0.05, 0) is 0 Å². The van der Waals surface area contributed by atoms with E-state index in [9.17, 15) is 61.5 Å². The molecule has 14 heteroatoms. The van der Waals surface area contributed by atoms with Crippen LogP contribution in [0.5, 0.6) is 0 Å². The number of hydrogen-bond acceptors (Lipinski definition) is 0. The zero-order valence-corrected chi connectivity index (χ0v) is 9.29. The summed E-state index contributed by atoms with van der Waals surface area (Å²) in [6.45, 7) is 0. The van der Waals surface area contributed by atoms with E-state index in [0.29, 0.717) is 0 Å². The van der Waals surface area contributed by atoms with Crippen molar-refractivity contribution in [1.29, 1.82) is 0 Å². The molecule has 1 saturated carbocycles. The van der Waals surface area contributed by atoms with Crippen LogP contribution >= 0.6 is 0 Å². The standard InChI is InChI=1S/C8F14/c9-1(2(10)11)3(12)4(13,14)6(17,18)8(21,22)7(19,20)5(3,15)16. The Hall–Kier alpha value is -1.24. The van der Waals surface area contributed by atoms with Crippen molar-refractivity contribution in [2.45, 2.75) is 35.3 Å². The Morgan fingerprint density at radius 2 is 0.636 bits per heavy atom. The van der Waals surface area contributed by atoms with E-state index in [2.05, 4.69) is 0 Å². The molecule has 0 nitrogen and oxygen atoms in total. The van der Waals surface area contributed by atoms with Crippen LogP contribution in [0.15, 0.2) is 11.9 Å². The molecule has 130 valence electrons. The second kappa shape index (κ2) is 4.19. The van der Waals surface area contributed by atoms with Crippen molar-refractivity contribution in [2.24, 2.45) is 0 Å². The fourth-order valence-electron chi connectivity index (χ4n) is 1.63. The maximum atomic E-state index is 13.4. The Morgan fingerprint density at radius 3 is 0.864 bits per heavy atom. The van der Waals surface area contributed by atoms with E-state index in [1.54, 1.807) is 0 Å². The van der Waals surface area contributed by atoms with Crippen molar-refractivity contribution in [1.82, 2.24) is 0 Å². The van der Waals surface area contributed by atoms with Crippen LogP contribution in [0.2, 0.25) is 0 Å². The summed E-state index contributed by atoms with van der Waals surface area (Å²) in [7, 11) is 0. The Morgan fingerprint density at radius 1 is 0.409 bits per heavy atom. The summed E-state index contributed by atoms with van der Waals surface area (Å²) < 4.78 is 177. The van der Waals surface area contributed by atoms with Gasteiger partial charge in [0, 0.05) is 0 Å². The van der Waals surface area contributed by atoms with Crippen molar-refractivity contribution in [2.75, 3.05) is 0 Å². The van der Waals surface area contributed by atoms with Gasteiger partial charge in [0.15, 0.2) is 0 Å². The maximum absolute atomic E-state index is 13.4. The minimum atomic E-state index is -7.64. The predicted octanol–water partition coefficient (Wildman–Crippen LogP) is 4.96. The van der Waals surface area contributed by atoms with Crippen molar-refractivity contribution < 1.29 is 61.5 Å². The van der Waals surface area contributed by atoms with Crippen LogP contribution in [0.4, 0.5) is 61.5 Å². The molecule has 1 aliphatic rings. The number of allylic oxidation sites excluding steroid dienone is 1. The number of halogens is 14. The number of alkyl halides is 11. The quantitative estimate of drug-likeness (QED) is 0.579. The zero-order chi connectivity index (χ0) is 18.2. The maximum Gasteiger partial charge on any atom is 0.384 e. The summed E-state index contributed by atoms with van der Waals surface area (Å²) in [6, 6.07) is 0. The predicted molar refractivity (Wildman–Crippen MR) is 38.9 cm³/mol. The largest absolute Gasteiger partial charge is 0.384 e. The van der Waals surface area contributed by atoms with E-state index in [0.717, 1.165) is 0 Å². The van der Waals surface area contributed by atoms with Gasteiger partial charge in [-0.25, -0.2) is 8.78 Å². The SMILES string of the molecule is FC(F)=C(F)C1(F)C(F)(F)C(F)(F)C(F)(F)C(F)(F)C1(F)F. The summed E-state index contributed by atoms with van der Waals surface area (Å²) >= 11 is 0. The molecule has 0 aromatic carbocycles. The van der Waals surface area contributed by atoms with E-state index in [1.165, 1.54) is 0 Å². The Bertz CT molecular complexity index is 479. The smallest absolute Gasteiger partial charge is 0.222 e. The molecule has 0 spiro atoms. The van der Waals surface area contributed by atoms with Gasteiger partial charge < -0.3 is 0 Å². The molecule has 0 bridgehead atoms. The van der Waals surface area contributed by atoms with Gasteiger partial charge in [-0.2, -0.15) is 52.7 Å². The number of rotatable bonds is 1. The summed E-state index contributed by atoms with van der Waals surface area (Å²) in [5.74, 6) is -42.8. The third-order valence-electron chi connectivity index (χ3n) is 2.91. The van der Waals surface area contributed by atoms with Crippen LogP contribution in [0, 0.1) is 0 Å². The van der Waals surface area contributed by atoms with Gasteiger partial charge in [-0.15, -0.1) is 0 Å². The summed E-state index contributed by atoms with van der Waals surface area (Å²) in [4.78, 5) is 0. The molecule has 1 fully saturated rings. The lowest BCUT2D eigenvalue weighted by molar-refractivity contribution is -0.480. The fourth-order valence-corrected chi connectivity index (χ4v) is 1.63. The molecule has 0 saturated heterocycles. The molecule has 0 heterocycles. The first-order chi connectivity index (χ1) is 9.35. The lowest BCUT2D eigenvalue weighted by Crippen LogP contribution is -2.83. The fraction of sp³-hybridized carbons (Fsp3) is 0.750. The molecule has 1 aliphatic carbocycles.